The van der Waals surface area contributed by atoms with Gasteiger partial charge in [0, 0.05) is 12.6 Å². The zero-order valence-corrected chi connectivity index (χ0v) is 11.6. The first-order valence-corrected chi connectivity index (χ1v) is 6.77. The molecule has 0 bridgehead atoms. The molecule has 0 aliphatic carbocycles. The van der Waals surface area contributed by atoms with Gasteiger partial charge in [-0.05, 0) is 33.9 Å². The molecule has 19 heavy (non-hydrogen) atoms. The van der Waals surface area contributed by atoms with Crippen LogP contribution in [0.5, 0.6) is 0 Å². The van der Waals surface area contributed by atoms with Gasteiger partial charge in [-0.25, -0.2) is 4.68 Å². The predicted octanol–water partition coefficient (Wildman–Crippen LogP) is 2.26. The molecule has 2 aromatic rings. The van der Waals surface area contributed by atoms with E-state index in [2.05, 4.69) is 22.4 Å². The summed E-state index contributed by atoms with van der Waals surface area (Å²) < 4.78 is 1.55. The van der Waals surface area contributed by atoms with E-state index in [9.17, 15) is 4.79 Å². The summed E-state index contributed by atoms with van der Waals surface area (Å²) in [6.45, 7) is 2.09. The van der Waals surface area contributed by atoms with Crippen molar-refractivity contribution in [2.24, 2.45) is 7.05 Å². The van der Waals surface area contributed by atoms with E-state index in [1.807, 2.05) is 24.3 Å². The average molecular weight is 274 g/mol. The summed E-state index contributed by atoms with van der Waals surface area (Å²) in [7, 11) is 1.75. The molecule has 0 unspecified atom stereocenters. The molecule has 6 heteroatoms. The van der Waals surface area contributed by atoms with Crippen molar-refractivity contribution in [1.29, 1.82) is 0 Å². The number of tetrazole rings is 1. The summed E-state index contributed by atoms with van der Waals surface area (Å²) in [5.41, 5.74) is 1.91. The fourth-order valence-corrected chi connectivity index (χ4v) is 2.06. The number of carbonyl (C=O) groups excluding carboxylic acids is 1. The highest BCUT2D eigenvalue weighted by atomic mass is 32.2. The van der Waals surface area contributed by atoms with Crippen molar-refractivity contribution >= 4 is 17.5 Å². The second-order valence-corrected chi connectivity index (χ2v) is 4.79. The Morgan fingerprint density at radius 2 is 2.11 bits per heavy atom. The van der Waals surface area contributed by atoms with Gasteiger partial charge in [0.1, 0.15) is 0 Å². The number of ketones is 1. The predicted molar refractivity (Wildman–Crippen MR) is 73.9 cm³/mol. The fourth-order valence-electron chi connectivity index (χ4n) is 1.48. The van der Waals surface area contributed by atoms with Crippen LogP contribution in [0.3, 0.4) is 0 Å². The first-order valence-electron chi connectivity index (χ1n) is 5.89. The molecule has 5 nitrogen and oxygen atoms in total. The maximum atomic E-state index is 11.9. The molecule has 98 valence electrons. The summed E-state index contributed by atoms with van der Waals surface area (Å²) in [5.74, 6) is -0.0229. The SMILES string of the molecule is CCc1ccc(C(=O)C=CSc2nnnn2C)cc1. The van der Waals surface area contributed by atoms with Crippen molar-refractivity contribution in [1.82, 2.24) is 20.2 Å². The van der Waals surface area contributed by atoms with Crippen molar-refractivity contribution < 1.29 is 4.79 Å². The lowest BCUT2D eigenvalue weighted by Crippen LogP contribution is -1.94. The van der Waals surface area contributed by atoms with Gasteiger partial charge in [-0.15, -0.1) is 5.10 Å². The third-order valence-corrected chi connectivity index (χ3v) is 3.45. The average Bonchev–Trinajstić information content (AvgIpc) is 2.84. The number of thioether (sulfide) groups is 1. The summed E-state index contributed by atoms with van der Waals surface area (Å²) in [5, 5.41) is 13.4. The molecule has 1 aromatic carbocycles. The third-order valence-electron chi connectivity index (χ3n) is 2.62. The van der Waals surface area contributed by atoms with Gasteiger partial charge < -0.3 is 0 Å². The Hall–Kier alpha value is -1.95. The van der Waals surface area contributed by atoms with Gasteiger partial charge in [-0.3, -0.25) is 4.79 Å². The third kappa shape index (κ3) is 3.51. The van der Waals surface area contributed by atoms with Crippen LogP contribution >= 0.6 is 11.8 Å². The summed E-state index contributed by atoms with van der Waals surface area (Å²) in [4.78, 5) is 11.9. The smallest absolute Gasteiger partial charge is 0.213 e. The lowest BCUT2D eigenvalue weighted by atomic mass is 10.1. The zero-order chi connectivity index (χ0) is 13.7. The molecule has 1 heterocycles. The Morgan fingerprint density at radius 3 is 2.68 bits per heavy atom. The van der Waals surface area contributed by atoms with E-state index < -0.39 is 0 Å². The van der Waals surface area contributed by atoms with Gasteiger partial charge in [-0.1, -0.05) is 43.0 Å². The highest BCUT2D eigenvalue weighted by Crippen LogP contribution is 2.14. The molecule has 0 aliphatic heterocycles. The van der Waals surface area contributed by atoms with Crippen LogP contribution in [0.25, 0.3) is 0 Å². The van der Waals surface area contributed by atoms with Crippen LogP contribution in [0.4, 0.5) is 0 Å². The summed E-state index contributed by atoms with van der Waals surface area (Å²) >= 11 is 1.31. The van der Waals surface area contributed by atoms with Crippen molar-refractivity contribution in [3.63, 3.8) is 0 Å². The molecule has 0 amide bonds. The molecule has 1 aromatic heterocycles. The number of carbonyl (C=O) groups is 1. The van der Waals surface area contributed by atoms with Crippen LogP contribution in [-0.2, 0) is 13.5 Å². The number of benzene rings is 1. The van der Waals surface area contributed by atoms with Gasteiger partial charge in [0.25, 0.3) is 0 Å². The molecule has 0 aliphatic rings. The number of hydrogen-bond donors (Lipinski definition) is 0. The minimum Gasteiger partial charge on any atom is -0.289 e. The molecule has 0 fully saturated rings. The maximum Gasteiger partial charge on any atom is 0.213 e. The first-order chi connectivity index (χ1) is 9.20. The number of rotatable bonds is 5. The molecular weight excluding hydrogens is 260 g/mol. The molecule has 0 saturated carbocycles. The summed E-state index contributed by atoms with van der Waals surface area (Å²) in [6, 6.07) is 7.64. The number of aryl methyl sites for hydroxylation is 2. The topological polar surface area (TPSA) is 60.7 Å². The van der Waals surface area contributed by atoms with Gasteiger partial charge in [0.2, 0.25) is 5.16 Å². The van der Waals surface area contributed by atoms with E-state index in [4.69, 9.17) is 0 Å². The molecule has 0 spiro atoms. The second-order valence-electron chi connectivity index (χ2n) is 3.92. The molecule has 0 atom stereocenters. The standard InChI is InChI=1S/C13H14N4OS/c1-3-10-4-6-11(7-5-10)12(18)8-9-19-13-14-15-16-17(13)2/h4-9H,3H2,1-2H3. The lowest BCUT2D eigenvalue weighted by molar-refractivity contribution is 0.104. The van der Waals surface area contributed by atoms with Gasteiger partial charge in [0.05, 0.1) is 0 Å². The van der Waals surface area contributed by atoms with Gasteiger partial charge >= 0.3 is 0 Å². The Kier molecular flexibility index (Phi) is 4.46. The van der Waals surface area contributed by atoms with Gasteiger partial charge in [-0.2, -0.15) is 0 Å². The first kappa shape index (κ1) is 13.5. The number of aromatic nitrogens is 4. The van der Waals surface area contributed by atoms with Crippen molar-refractivity contribution in [3.05, 3.63) is 46.9 Å². The lowest BCUT2D eigenvalue weighted by Gasteiger charge is -1.98. The Bertz CT molecular complexity index is 589. The van der Waals surface area contributed by atoms with E-state index in [1.54, 1.807) is 17.1 Å². The van der Waals surface area contributed by atoms with Crippen LogP contribution in [0.2, 0.25) is 0 Å². The maximum absolute atomic E-state index is 11.9. The normalized spacial score (nSPS) is 11.1. The van der Waals surface area contributed by atoms with Crippen molar-refractivity contribution in [3.8, 4) is 0 Å². The minimum absolute atomic E-state index is 0.0229. The van der Waals surface area contributed by atoms with E-state index in [1.165, 1.54) is 23.4 Å². The minimum atomic E-state index is -0.0229. The molecule has 0 saturated heterocycles. The Morgan fingerprint density at radius 1 is 1.37 bits per heavy atom. The molecule has 0 N–H and O–H groups in total. The largest absolute Gasteiger partial charge is 0.289 e. The monoisotopic (exact) mass is 274 g/mol. The number of nitrogens with zero attached hydrogens (tertiary/aromatic N) is 4. The Labute approximate surface area is 115 Å². The van der Waals surface area contributed by atoms with E-state index in [0.717, 1.165) is 6.42 Å². The van der Waals surface area contributed by atoms with Crippen molar-refractivity contribution in [2.75, 3.05) is 0 Å². The Balaban J connectivity index is 1.98. The number of hydrogen-bond acceptors (Lipinski definition) is 5. The van der Waals surface area contributed by atoms with Crippen LogP contribution in [0.1, 0.15) is 22.8 Å². The molecular formula is C13H14N4OS. The van der Waals surface area contributed by atoms with Crippen molar-refractivity contribution in [2.45, 2.75) is 18.5 Å². The summed E-state index contributed by atoms with van der Waals surface area (Å²) in [6.07, 6.45) is 2.50. The second kappa shape index (κ2) is 6.29. The molecule has 0 radical (unpaired) electrons. The van der Waals surface area contributed by atoms with Crippen LogP contribution in [0.15, 0.2) is 40.9 Å². The highest BCUT2D eigenvalue weighted by molar-refractivity contribution is 8.02. The van der Waals surface area contributed by atoms with Gasteiger partial charge in [0.15, 0.2) is 5.78 Å². The number of allylic oxidation sites excluding steroid dienone is 1. The fraction of sp³-hybridized carbons (Fsp3) is 0.231. The van der Waals surface area contributed by atoms with Crippen LogP contribution < -0.4 is 0 Å². The van der Waals surface area contributed by atoms with Crippen LogP contribution in [0, 0.1) is 0 Å². The highest BCUT2D eigenvalue weighted by Gasteiger charge is 2.03. The van der Waals surface area contributed by atoms with E-state index in [0.29, 0.717) is 10.7 Å². The quantitative estimate of drug-likeness (QED) is 0.475. The zero-order valence-electron chi connectivity index (χ0n) is 10.8. The van der Waals surface area contributed by atoms with E-state index >= 15 is 0 Å². The van der Waals surface area contributed by atoms with Crippen LogP contribution in [-0.4, -0.2) is 26.0 Å². The van der Waals surface area contributed by atoms with E-state index in [-0.39, 0.29) is 5.78 Å². The molecule has 2 rings (SSSR count).